The molecule has 0 fully saturated rings. The van der Waals surface area contributed by atoms with E-state index < -0.39 is 6.10 Å². The number of carbonyl (C=O) groups excluding carboxylic acids is 1. The second kappa shape index (κ2) is 7.80. The highest BCUT2D eigenvalue weighted by molar-refractivity contribution is 5.73. The van der Waals surface area contributed by atoms with Crippen LogP contribution in [0.2, 0.25) is 0 Å². The predicted molar refractivity (Wildman–Crippen MR) is 58.0 cm³/mol. The summed E-state index contributed by atoms with van der Waals surface area (Å²) in [7, 11) is 0. The van der Waals surface area contributed by atoms with Gasteiger partial charge in [-0.05, 0) is 13.3 Å². The van der Waals surface area contributed by atoms with Crippen molar-refractivity contribution in [3.63, 3.8) is 0 Å². The summed E-state index contributed by atoms with van der Waals surface area (Å²) >= 11 is 0. The Balaban J connectivity index is 3.68. The van der Waals surface area contributed by atoms with E-state index in [4.69, 9.17) is 0 Å². The molecule has 14 heavy (non-hydrogen) atoms. The Hall–Kier alpha value is -0.570. The third-order valence-corrected chi connectivity index (χ3v) is 2.34. The van der Waals surface area contributed by atoms with Gasteiger partial charge < -0.3 is 10.4 Å². The van der Waals surface area contributed by atoms with Gasteiger partial charge in [0, 0.05) is 6.92 Å². The van der Waals surface area contributed by atoms with Crippen molar-refractivity contribution in [1.82, 2.24) is 5.32 Å². The first kappa shape index (κ1) is 13.4. The first-order chi connectivity index (χ1) is 6.57. The van der Waals surface area contributed by atoms with Crippen molar-refractivity contribution in [2.45, 2.75) is 65.0 Å². The van der Waals surface area contributed by atoms with Crippen LogP contribution in [0.5, 0.6) is 0 Å². The summed E-state index contributed by atoms with van der Waals surface area (Å²) in [6, 6.07) is -0.0793. The minimum atomic E-state index is -0.458. The summed E-state index contributed by atoms with van der Waals surface area (Å²) in [6.45, 7) is 5.38. The van der Waals surface area contributed by atoms with Crippen molar-refractivity contribution in [2.75, 3.05) is 0 Å². The highest BCUT2D eigenvalue weighted by atomic mass is 16.3. The number of hydrogen-bond acceptors (Lipinski definition) is 2. The quantitative estimate of drug-likeness (QED) is 0.617. The molecule has 2 atom stereocenters. The molecule has 0 aromatic heterocycles. The number of rotatable bonds is 7. The number of aliphatic hydroxyl groups is 1. The molecule has 0 bridgehead atoms. The molecule has 0 unspecified atom stereocenters. The maximum atomic E-state index is 10.8. The Morgan fingerprint density at radius 2 is 2.00 bits per heavy atom. The van der Waals surface area contributed by atoms with E-state index in [9.17, 15) is 9.90 Å². The van der Waals surface area contributed by atoms with Crippen LogP contribution < -0.4 is 5.32 Å². The van der Waals surface area contributed by atoms with Gasteiger partial charge in [0.1, 0.15) is 0 Å². The van der Waals surface area contributed by atoms with E-state index in [-0.39, 0.29) is 11.9 Å². The molecule has 0 saturated heterocycles. The van der Waals surface area contributed by atoms with Crippen molar-refractivity contribution >= 4 is 5.91 Å². The summed E-state index contributed by atoms with van der Waals surface area (Å²) in [5.41, 5.74) is 0. The van der Waals surface area contributed by atoms with Crippen LogP contribution in [0, 0.1) is 0 Å². The fourth-order valence-electron chi connectivity index (χ4n) is 1.49. The second-order valence-corrected chi connectivity index (χ2v) is 3.90. The van der Waals surface area contributed by atoms with E-state index in [1.54, 1.807) is 6.92 Å². The van der Waals surface area contributed by atoms with Crippen LogP contribution in [-0.4, -0.2) is 23.2 Å². The summed E-state index contributed by atoms with van der Waals surface area (Å²) < 4.78 is 0. The molecular formula is C11H23NO2. The van der Waals surface area contributed by atoms with E-state index in [0.29, 0.717) is 0 Å². The molecule has 2 N–H and O–H groups in total. The van der Waals surface area contributed by atoms with Gasteiger partial charge in [0.25, 0.3) is 0 Å². The van der Waals surface area contributed by atoms with Crippen molar-refractivity contribution < 1.29 is 9.90 Å². The van der Waals surface area contributed by atoms with Gasteiger partial charge in [-0.15, -0.1) is 0 Å². The zero-order valence-corrected chi connectivity index (χ0v) is 9.55. The fraction of sp³-hybridized carbons (Fsp3) is 0.909. The topological polar surface area (TPSA) is 49.3 Å². The Kier molecular flexibility index (Phi) is 7.48. The molecule has 1 amide bonds. The average Bonchev–Trinajstić information content (AvgIpc) is 2.09. The maximum absolute atomic E-state index is 10.8. The molecular weight excluding hydrogens is 178 g/mol. The standard InChI is InChI=1S/C11H23NO2/c1-4-5-6-7-8-11(9(2)13)12-10(3)14/h9,11,13H,4-8H2,1-3H3,(H,12,14)/t9-,11-/m0/s1. The van der Waals surface area contributed by atoms with Gasteiger partial charge in [-0.1, -0.05) is 32.6 Å². The summed E-state index contributed by atoms with van der Waals surface area (Å²) in [6.07, 6.45) is 5.10. The lowest BCUT2D eigenvalue weighted by Crippen LogP contribution is -2.40. The minimum absolute atomic E-state index is 0.0635. The van der Waals surface area contributed by atoms with Crippen molar-refractivity contribution in [2.24, 2.45) is 0 Å². The smallest absolute Gasteiger partial charge is 0.217 e. The molecule has 0 aromatic carbocycles. The maximum Gasteiger partial charge on any atom is 0.217 e. The molecule has 0 aliphatic rings. The molecule has 0 aliphatic heterocycles. The second-order valence-electron chi connectivity index (χ2n) is 3.90. The molecule has 0 spiro atoms. The number of hydrogen-bond donors (Lipinski definition) is 2. The van der Waals surface area contributed by atoms with E-state index in [0.717, 1.165) is 12.8 Å². The number of carbonyl (C=O) groups is 1. The van der Waals surface area contributed by atoms with Crippen LogP contribution in [0.3, 0.4) is 0 Å². The van der Waals surface area contributed by atoms with Crippen LogP contribution >= 0.6 is 0 Å². The van der Waals surface area contributed by atoms with E-state index >= 15 is 0 Å². The lowest BCUT2D eigenvalue weighted by atomic mass is 10.0. The van der Waals surface area contributed by atoms with Gasteiger partial charge in [0.2, 0.25) is 5.91 Å². The highest BCUT2D eigenvalue weighted by Gasteiger charge is 2.14. The van der Waals surface area contributed by atoms with Crippen molar-refractivity contribution in [1.29, 1.82) is 0 Å². The number of unbranched alkanes of at least 4 members (excludes halogenated alkanes) is 3. The monoisotopic (exact) mass is 201 g/mol. The molecule has 0 rings (SSSR count). The summed E-state index contributed by atoms with van der Waals surface area (Å²) in [5.74, 6) is -0.0635. The van der Waals surface area contributed by atoms with E-state index in [1.165, 1.54) is 26.2 Å². The molecule has 0 heterocycles. The number of nitrogens with one attached hydrogen (secondary N) is 1. The zero-order chi connectivity index (χ0) is 11.0. The molecule has 0 saturated carbocycles. The van der Waals surface area contributed by atoms with Gasteiger partial charge in [0.05, 0.1) is 12.1 Å². The van der Waals surface area contributed by atoms with E-state index in [1.807, 2.05) is 0 Å². The first-order valence-electron chi connectivity index (χ1n) is 5.53. The Morgan fingerprint density at radius 3 is 2.43 bits per heavy atom. The van der Waals surface area contributed by atoms with Crippen LogP contribution in [0.4, 0.5) is 0 Å². The highest BCUT2D eigenvalue weighted by Crippen LogP contribution is 2.08. The average molecular weight is 201 g/mol. The third-order valence-electron chi connectivity index (χ3n) is 2.34. The lowest BCUT2D eigenvalue weighted by molar-refractivity contribution is -0.120. The largest absolute Gasteiger partial charge is 0.391 e. The van der Waals surface area contributed by atoms with E-state index in [2.05, 4.69) is 12.2 Å². The summed E-state index contributed by atoms with van der Waals surface area (Å²) in [5, 5.41) is 12.2. The lowest BCUT2D eigenvalue weighted by Gasteiger charge is -2.20. The normalized spacial score (nSPS) is 14.9. The van der Waals surface area contributed by atoms with Gasteiger partial charge in [-0.25, -0.2) is 0 Å². The Bertz CT molecular complexity index is 157. The third kappa shape index (κ3) is 6.89. The van der Waals surface area contributed by atoms with Gasteiger partial charge in [-0.2, -0.15) is 0 Å². The molecule has 0 aromatic rings. The SMILES string of the molecule is CCCCCC[C@H](NC(C)=O)[C@H](C)O. The first-order valence-corrected chi connectivity index (χ1v) is 5.53. The molecule has 3 heteroatoms. The van der Waals surface area contributed by atoms with Crippen LogP contribution in [0.15, 0.2) is 0 Å². The number of amides is 1. The Labute approximate surface area is 86.9 Å². The molecule has 0 aliphatic carbocycles. The van der Waals surface area contributed by atoms with Gasteiger partial charge >= 0.3 is 0 Å². The van der Waals surface area contributed by atoms with Crippen LogP contribution in [-0.2, 0) is 4.79 Å². The van der Waals surface area contributed by atoms with Gasteiger partial charge in [0.15, 0.2) is 0 Å². The molecule has 3 nitrogen and oxygen atoms in total. The van der Waals surface area contributed by atoms with Crippen LogP contribution in [0.25, 0.3) is 0 Å². The van der Waals surface area contributed by atoms with Gasteiger partial charge in [-0.3, -0.25) is 4.79 Å². The van der Waals surface area contributed by atoms with Crippen molar-refractivity contribution in [3.05, 3.63) is 0 Å². The zero-order valence-electron chi connectivity index (χ0n) is 9.55. The molecule has 0 radical (unpaired) electrons. The number of aliphatic hydroxyl groups excluding tert-OH is 1. The predicted octanol–water partition coefficient (Wildman–Crippen LogP) is 1.84. The minimum Gasteiger partial charge on any atom is -0.391 e. The van der Waals surface area contributed by atoms with Crippen LogP contribution in [0.1, 0.15) is 52.9 Å². The fourth-order valence-corrected chi connectivity index (χ4v) is 1.49. The Morgan fingerprint density at radius 1 is 1.36 bits per heavy atom. The summed E-state index contributed by atoms with van der Waals surface area (Å²) in [4.78, 5) is 10.8. The van der Waals surface area contributed by atoms with Crippen molar-refractivity contribution in [3.8, 4) is 0 Å². The molecule has 84 valence electrons.